The summed E-state index contributed by atoms with van der Waals surface area (Å²) in [6, 6.07) is -2.32. The number of halogens is 1. The molecular weight excluding hydrogens is 450 g/mol. The predicted molar refractivity (Wildman–Crippen MR) is 97.4 cm³/mol. The highest BCUT2D eigenvalue weighted by Gasteiger charge is 2.58. The number of carboxylic acids is 1. The van der Waals surface area contributed by atoms with E-state index in [9.17, 15) is 24.6 Å². The molecule has 0 aromatic rings. The Kier molecular flexibility index (Phi) is 7.08. The van der Waals surface area contributed by atoms with E-state index in [0.29, 0.717) is 0 Å². The Morgan fingerprint density at radius 3 is 2.52 bits per heavy atom. The van der Waals surface area contributed by atoms with Crippen LogP contribution in [0.4, 0.5) is 0 Å². The van der Waals surface area contributed by atoms with Gasteiger partial charge in [0.2, 0.25) is 17.4 Å². The van der Waals surface area contributed by atoms with E-state index in [-0.39, 0.29) is 16.8 Å². The predicted octanol–water partition coefficient (Wildman–Crippen LogP) is -1.41. The van der Waals surface area contributed by atoms with Gasteiger partial charge in [-0.05, 0) is 0 Å². The summed E-state index contributed by atoms with van der Waals surface area (Å²) in [7, 11) is 3.87. The van der Waals surface area contributed by atoms with E-state index >= 15 is 0 Å². The lowest BCUT2D eigenvalue weighted by atomic mass is 9.99. The molecule has 2 aliphatic rings. The molecule has 152 valence electrons. The maximum atomic E-state index is 12.7. The van der Waals surface area contributed by atoms with Gasteiger partial charge in [-0.2, -0.15) is 0 Å². The fourth-order valence-electron chi connectivity index (χ4n) is 2.88. The lowest BCUT2D eigenvalue weighted by Crippen LogP contribution is -2.77. The smallest absolute Gasteiger partial charge is 0.329 e. The van der Waals surface area contributed by atoms with E-state index < -0.39 is 47.1 Å². The molecule has 2 amide bonds. The van der Waals surface area contributed by atoms with E-state index in [1.807, 2.05) is 0 Å². The first-order chi connectivity index (χ1) is 12.8. The molecule has 0 bridgehead atoms. The number of amides is 2. The second kappa shape index (κ2) is 8.73. The first-order valence-corrected chi connectivity index (χ1v) is 9.88. The lowest BCUT2D eigenvalue weighted by molar-refractivity contribution is -0.167. The van der Waals surface area contributed by atoms with Gasteiger partial charge in [0.05, 0.1) is 11.4 Å². The summed E-state index contributed by atoms with van der Waals surface area (Å²) in [5, 5.41) is 24.7. The van der Waals surface area contributed by atoms with E-state index in [2.05, 4.69) is 26.4 Å². The van der Waals surface area contributed by atoms with Crippen LogP contribution in [0.25, 0.3) is 0 Å². The molecule has 0 spiro atoms. The number of alkyl halides is 1. The Morgan fingerprint density at radius 2 is 2.04 bits per heavy atom. The molecule has 0 radical (unpaired) electrons. The van der Waals surface area contributed by atoms with Crippen molar-refractivity contribution in [1.29, 1.82) is 0 Å². The molecule has 27 heavy (non-hydrogen) atoms. The van der Waals surface area contributed by atoms with Gasteiger partial charge < -0.3 is 34.7 Å². The Hall–Kier alpha value is -1.41. The van der Waals surface area contributed by atoms with Gasteiger partial charge >= 0.3 is 5.97 Å². The number of carbonyl (C=O) groups is 3. The quantitative estimate of drug-likeness (QED) is 0.128. The molecule has 13 heteroatoms. The van der Waals surface area contributed by atoms with Crippen LogP contribution in [0.1, 0.15) is 0 Å². The normalized spacial score (nSPS) is 28.3. The summed E-state index contributed by atoms with van der Waals surface area (Å²) >= 11 is 4.37. The minimum absolute atomic E-state index is 0.0544. The van der Waals surface area contributed by atoms with E-state index in [0.717, 1.165) is 4.90 Å². The number of β-lactam (4-membered cyclic amide) rings is 1. The maximum absolute atomic E-state index is 12.7. The molecule has 2 heterocycles. The maximum Gasteiger partial charge on any atom is 0.329 e. The summed E-state index contributed by atoms with van der Waals surface area (Å²) < 4.78 is 10.5. The van der Waals surface area contributed by atoms with Gasteiger partial charge in [0, 0.05) is 20.0 Å². The number of oxime groups is 1. The number of ether oxygens (including phenoxy) is 2. The topological polar surface area (TPSA) is 147 Å². The Balaban J connectivity index is 2.19. The summed E-state index contributed by atoms with van der Waals surface area (Å²) in [5.41, 5.74) is -0.256. The van der Waals surface area contributed by atoms with Gasteiger partial charge in [-0.1, -0.05) is 21.1 Å². The Morgan fingerprint density at radius 1 is 1.41 bits per heavy atom. The van der Waals surface area contributed by atoms with Crippen LogP contribution >= 0.6 is 27.7 Å². The molecule has 2 saturated heterocycles. The summed E-state index contributed by atoms with van der Waals surface area (Å²) in [6.07, 6.45) is -1.18. The van der Waals surface area contributed by atoms with Gasteiger partial charge in [-0.3, -0.25) is 9.59 Å². The fourth-order valence-corrected chi connectivity index (χ4v) is 4.96. The summed E-state index contributed by atoms with van der Waals surface area (Å²) in [4.78, 5) is 42.2. The summed E-state index contributed by atoms with van der Waals surface area (Å²) in [6.45, 7) is 0. The number of hydrogen-bond donors (Lipinski definition) is 3. The zero-order chi connectivity index (χ0) is 20.4. The van der Waals surface area contributed by atoms with Crippen molar-refractivity contribution in [2.45, 2.75) is 29.3 Å². The van der Waals surface area contributed by atoms with Crippen molar-refractivity contribution in [2.75, 3.05) is 32.4 Å². The highest BCUT2D eigenvalue weighted by molar-refractivity contribution is 9.09. The number of aliphatic hydroxyl groups is 1. The Labute approximate surface area is 167 Å². The van der Waals surface area contributed by atoms with Crippen LogP contribution in [-0.2, 0) is 28.7 Å². The van der Waals surface area contributed by atoms with Gasteiger partial charge in [-0.15, -0.1) is 11.8 Å². The van der Waals surface area contributed by atoms with Crippen LogP contribution in [0.15, 0.2) is 5.16 Å². The first-order valence-electron chi connectivity index (χ1n) is 7.71. The number of carbonyl (C=O) groups excluding carboxylic acids is 2. The molecule has 0 aromatic carbocycles. The average molecular weight is 470 g/mol. The highest BCUT2D eigenvalue weighted by atomic mass is 79.9. The monoisotopic (exact) mass is 469 g/mol. The number of fused-ring (bicyclic) bond motifs is 1. The molecule has 0 aliphatic carbocycles. The average Bonchev–Trinajstić information content (AvgIpc) is 2.66. The number of aliphatic hydroxyl groups excluding tert-OH is 1. The van der Waals surface area contributed by atoms with Crippen molar-refractivity contribution in [2.24, 2.45) is 5.16 Å². The zero-order valence-electron chi connectivity index (χ0n) is 14.7. The van der Waals surface area contributed by atoms with Crippen LogP contribution in [0.2, 0.25) is 0 Å². The second-order valence-corrected chi connectivity index (χ2v) is 7.40. The standard InChI is InChI=1S/C14H20BrN3O8S/c1-24-14(5-15,25-2)9(17-26-3)10(20)16-7-11(21)18-8(13(22)23)6(19)4-27-12(7)18/h6-8,12,19H,4-5H2,1-3H3,(H,16,20)(H,22,23)/t6?,7?,8?,12-/m0/s1. The van der Waals surface area contributed by atoms with Crippen LogP contribution in [0.3, 0.4) is 0 Å². The molecule has 2 fully saturated rings. The fraction of sp³-hybridized carbons (Fsp3) is 0.714. The third kappa shape index (κ3) is 3.78. The number of aliphatic carboxylic acids is 1. The number of nitrogens with zero attached hydrogens (tertiary/aromatic N) is 2. The van der Waals surface area contributed by atoms with Crippen LogP contribution < -0.4 is 5.32 Å². The molecule has 4 atom stereocenters. The van der Waals surface area contributed by atoms with Crippen molar-refractivity contribution < 1.29 is 38.9 Å². The van der Waals surface area contributed by atoms with E-state index in [1.165, 1.54) is 33.1 Å². The van der Waals surface area contributed by atoms with E-state index in [1.54, 1.807) is 0 Å². The number of nitrogens with one attached hydrogen (secondary N) is 1. The first kappa shape index (κ1) is 21.9. The van der Waals surface area contributed by atoms with E-state index in [4.69, 9.17) is 14.3 Å². The van der Waals surface area contributed by atoms with Crippen molar-refractivity contribution in [1.82, 2.24) is 10.2 Å². The van der Waals surface area contributed by atoms with Crippen molar-refractivity contribution >= 4 is 51.2 Å². The van der Waals surface area contributed by atoms with Crippen molar-refractivity contribution in [3.63, 3.8) is 0 Å². The SMILES string of the molecule is CON=C(C(=O)NC1C(=O)N2C(C(=O)O)C(O)CS[C@@H]12)C(CBr)(OC)OC. The van der Waals surface area contributed by atoms with Crippen LogP contribution in [0, 0.1) is 0 Å². The number of methoxy groups -OCH3 is 2. The van der Waals surface area contributed by atoms with Crippen LogP contribution in [0.5, 0.6) is 0 Å². The molecule has 2 rings (SSSR count). The largest absolute Gasteiger partial charge is 0.480 e. The van der Waals surface area contributed by atoms with Gasteiger partial charge in [0.25, 0.3) is 5.91 Å². The lowest BCUT2D eigenvalue weighted by Gasteiger charge is -2.53. The van der Waals surface area contributed by atoms with Crippen molar-refractivity contribution in [3.8, 4) is 0 Å². The molecule has 11 nitrogen and oxygen atoms in total. The number of hydrogen-bond acceptors (Lipinski definition) is 9. The molecule has 0 saturated carbocycles. The third-order valence-electron chi connectivity index (χ3n) is 4.32. The molecular formula is C14H20BrN3O8S. The van der Waals surface area contributed by atoms with Gasteiger partial charge in [0.15, 0.2) is 6.04 Å². The molecule has 0 aromatic heterocycles. The van der Waals surface area contributed by atoms with Crippen LogP contribution in [-0.4, -0.2) is 100 Å². The van der Waals surface area contributed by atoms with Crippen molar-refractivity contribution in [3.05, 3.63) is 0 Å². The zero-order valence-corrected chi connectivity index (χ0v) is 17.2. The van der Waals surface area contributed by atoms with Gasteiger partial charge in [-0.25, -0.2) is 4.79 Å². The summed E-state index contributed by atoms with van der Waals surface area (Å²) in [5.74, 6) is -4.10. The second-order valence-electron chi connectivity index (χ2n) is 5.69. The van der Waals surface area contributed by atoms with Gasteiger partial charge in [0.1, 0.15) is 18.5 Å². The minimum Gasteiger partial charge on any atom is -0.480 e. The number of rotatable bonds is 8. The number of thioether (sulfide) groups is 1. The third-order valence-corrected chi connectivity index (χ3v) is 6.43. The molecule has 3 unspecified atom stereocenters. The Bertz CT molecular complexity index is 636. The highest BCUT2D eigenvalue weighted by Crippen LogP contribution is 2.38. The molecule has 2 aliphatic heterocycles. The minimum atomic E-state index is -1.55. The molecule has 3 N–H and O–H groups in total. The number of carboxylic acid groups (broad SMARTS) is 1.